The lowest BCUT2D eigenvalue weighted by Crippen LogP contribution is -2.60. The topological polar surface area (TPSA) is 244 Å². The normalized spacial score (nSPS) is 15.0. The van der Waals surface area contributed by atoms with Gasteiger partial charge in [-0.3, -0.25) is 24.2 Å². The van der Waals surface area contributed by atoms with Crippen molar-refractivity contribution >= 4 is 35.6 Å². The molecule has 0 radical (unpaired) electrons. The number of carboxylic acids is 1. The third-order valence-corrected chi connectivity index (χ3v) is 6.05. The number of carboxylic acid groups (broad SMARTS) is 1. The SMILES string of the molecule is CCC(C)C(NC(=O)CN)C(=O)NC(CCCN=C(N)N)C(=O)NC(C(=O)NC(C(=O)O)C(C)C)C(C)C. The first-order valence-corrected chi connectivity index (χ1v) is 12.8. The van der Waals surface area contributed by atoms with Crippen LogP contribution >= 0.6 is 0 Å². The first-order chi connectivity index (χ1) is 17.7. The molecule has 0 saturated carbocycles. The highest BCUT2D eigenvalue weighted by atomic mass is 16.4. The quantitative estimate of drug-likeness (QED) is 0.0597. The molecular weight excluding hydrogens is 496 g/mol. The van der Waals surface area contributed by atoms with Gasteiger partial charge in [0, 0.05) is 6.54 Å². The van der Waals surface area contributed by atoms with Gasteiger partial charge in [-0.05, 0) is 30.6 Å². The van der Waals surface area contributed by atoms with Gasteiger partial charge in [0.15, 0.2) is 5.96 Å². The molecule has 0 aliphatic carbocycles. The van der Waals surface area contributed by atoms with E-state index in [2.05, 4.69) is 26.3 Å². The van der Waals surface area contributed by atoms with Gasteiger partial charge in [-0.1, -0.05) is 48.0 Å². The molecule has 0 bridgehead atoms. The van der Waals surface area contributed by atoms with Crippen molar-refractivity contribution in [3.63, 3.8) is 0 Å². The first-order valence-electron chi connectivity index (χ1n) is 12.8. The fourth-order valence-electron chi connectivity index (χ4n) is 3.51. The van der Waals surface area contributed by atoms with Crippen molar-refractivity contribution in [2.24, 2.45) is 39.9 Å². The number of aliphatic imine (C=N–C) groups is 1. The summed E-state index contributed by atoms with van der Waals surface area (Å²) in [6.07, 6.45) is 1.02. The van der Waals surface area contributed by atoms with Crippen molar-refractivity contribution in [1.29, 1.82) is 0 Å². The molecule has 0 aromatic rings. The fourth-order valence-corrected chi connectivity index (χ4v) is 3.51. The summed E-state index contributed by atoms with van der Waals surface area (Å²) in [5, 5.41) is 19.8. The summed E-state index contributed by atoms with van der Waals surface area (Å²) in [4.78, 5) is 66.7. The largest absolute Gasteiger partial charge is 0.480 e. The number of carbonyl (C=O) groups is 5. The standard InChI is InChI=1S/C24H46N8O6/c1-7-14(6)19(30-16(33)11-25)22(36)29-15(9-8-10-28-24(26)27)20(34)31-17(12(2)3)21(35)32-18(13(4)5)23(37)38/h12-15,17-19H,7-11,25H2,1-6H3,(H,29,36)(H,30,33)(H,31,34)(H,32,35)(H,37,38)(H4,26,27,28). The summed E-state index contributed by atoms with van der Waals surface area (Å²) in [6, 6.07) is -4.23. The molecule has 14 heteroatoms. The molecule has 218 valence electrons. The van der Waals surface area contributed by atoms with Gasteiger partial charge in [0.25, 0.3) is 0 Å². The van der Waals surface area contributed by atoms with Crippen LogP contribution in [0.3, 0.4) is 0 Å². The van der Waals surface area contributed by atoms with Gasteiger partial charge in [-0.25, -0.2) is 4.79 Å². The molecule has 11 N–H and O–H groups in total. The van der Waals surface area contributed by atoms with Crippen molar-refractivity contribution in [3.05, 3.63) is 0 Å². The third-order valence-electron chi connectivity index (χ3n) is 6.05. The smallest absolute Gasteiger partial charge is 0.326 e. The molecule has 0 fully saturated rings. The van der Waals surface area contributed by atoms with Crippen LogP contribution in [-0.2, 0) is 24.0 Å². The number of carbonyl (C=O) groups excluding carboxylic acids is 4. The molecule has 38 heavy (non-hydrogen) atoms. The predicted octanol–water partition coefficient (Wildman–Crippen LogP) is -1.62. The van der Waals surface area contributed by atoms with Gasteiger partial charge in [0.1, 0.15) is 24.2 Å². The summed E-state index contributed by atoms with van der Waals surface area (Å²) >= 11 is 0. The Balaban J connectivity index is 5.86. The Bertz CT molecular complexity index is 844. The molecule has 0 aliphatic rings. The minimum Gasteiger partial charge on any atom is -0.480 e. The van der Waals surface area contributed by atoms with Gasteiger partial charge in [-0.15, -0.1) is 0 Å². The maximum Gasteiger partial charge on any atom is 0.326 e. The van der Waals surface area contributed by atoms with Crippen molar-refractivity contribution < 1.29 is 29.1 Å². The summed E-state index contributed by atoms with van der Waals surface area (Å²) in [5.74, 6) is -4.76. The van der Waals surface area contributed by atoms with Gasteiger partial charge in [-0.2, -0.15) is 0 Å². The maximum absolute atomic E-state index is 13.3. The van der Waals surface area contributed by atoms with Gasteiger partial charge < -0.3 is 43.6 Å². The van der Waals surface area contributed by atoms with Crippen LogP contribution in [0, 0.1) is 17.8 Å². The van der Waals surface area contributed by atoms with Crippen LogP contribution in [0.25, 0.3) is 0 Å². The molecule has 0 saturated heterocycles. The van der Waals surface area contributed by atoms with Crippen LogP contribution in [0.1, 0.15) is 60.8 Å². The van der Waals surface area contributed by atoms with Gasteiger partial charge in [0.05, 0.1) is 6.54 Å². The highest BCUT2D eigenvalue weighted by molar-refractivity contribution is 5.95. The van der Waals surface area contributed by atoms with Crippen LogP contribution in [0.2, 0.25) is 0 Å². The van der Waals surface area contributed by atoms with Crippen LogP contribution in [0.5, 0.6) is 0 Å². The van der Waals surface area contributed by atoms with E-state index < -0.39 is 59.7 Å². The van der Waals surface area contributed by atoms with Crippen molar-refractivity contribution in [3.8, 4) is 0 Å². The first kappa shape index (κ1) is 34.6. The molecule has 0 spiro atoms. The second-order valence-corrected chi connectivity index (χ2v) is 9.94. The third kappa shape index (κ3) is 12.2. The predicted molar refractivity (Wildman–Crippen MR) is 143 cm³/mol. The number of aliphatic carboxylic acids is 1. The Morgan fingerprint density at radius 3 is 1.76 bits per heavy atom. The Kier molecular flexibility index (Phi) is 15.6. The monoisotopic (exact) mass is 542 g/mol. The molecule has 5 unspecified atom stereocenters. The molecule has 0 rings (SSSR count). The Morgan fingerprint density at radius 1 is 0.789 bits per heavy atom. The number of nitrogens with one attached hydrogen (secondary N) is 4. The van der Waals surface area contributed by atoms with Crippen LogP contribution in [-0.4, -0.2) is 77.9 Å². The molecule has 0 heterocycles. The Labute approximate surface area is 224 Å². The van der Waals surface area contributed by atoms with Crippen molar-refractivity contribution in [2.45, 2.75) is 85.0 Å². The number of guanidine groups is 1. The van der Waals surface area contributed by atoms with Crippen LogP contribution in [0.15, 0.2) is 4.99 Å². The van der Waals surface area contributed by atoms with E-state index >= 15 is 0 Å². The summed E-state index contributed by atoms with van der Waals surface area (Å²) in [5.41, 5.74) is 16.1. The maximum atomic E-state index is 13.3. The van der Waals surface area contributed by atoms with E-state index in [9.17, 15) is 29.1 Å². The second-order valence-electron chi connectivity index (χ2n) is 9.94. The number of nitrogens with two attached hydrogens (primary N) is 3. The Hall–Kier alpha value is -3.42. The van der Waals surface area contributed by atoms with Crippen molar-refractivity contribution in [1.82, 2.24) is 21.3 Å². The zero-order valence-corrected chi connectivity index (χ0v) is 23.2. The summed E-state index contributed by atoms with van der Waals surface area (Å²) < 4.78 is 0. The highest BCUT2D eigenvalue weighted by Crippen LogP contribution is 2.11. The molecule has 0 aliphatic heterocycles. The van der Waals surface area contributed by atoms with Crippen LogP contribution < -0.4 is 38.5 Å². The minimum absolute atomic E-state index is 0.119. The van der Waals surface area contributed by atoms with Gasteiger partial charge in [0.2, 0.25) is 23.6 Å². The number of hydrogen-bond acceptors (Lipinski definition) is 7. The van der Waals surface area contributed by atoms with E-state index in [4.69, 9.17) is 17.2 Å². The molecule has 14 nitrogen and oxygen atoms in total. The minimum atomic E-state index is -1.19. The molecule has 0 aromatic heterocycles. The summed E-state index contributed by atoms with van der Waals surface area (Å²) in [6.45, 7) is 10.2. The van der Waals surface area contributed by atoms with Gasteiger partial charge >= 0.3 is 5.97 Å². The van der Waals surface area contributed by atoms with E-state index in [0.29, 0.717) is 12.8 Å². The van der Waals surface area contributed by atoms with E-state index in [1.807, 2.05) is 6.92 Å². The molecular formula is C24H46N8O6. The average molecular weight is 543 g/mol. The number of rotatable bonds is 17. The average Bonchev–Trinajstić information content (AvgIpc) is 2.83. The molecule has 4 amide bonds. The van der Waals surface area contributed by atoms with Crippen LogP contribution in [0.4, 0.5) is 0 Å². The summed E-state index contributed by atoms with van der Waals surface area (Å²) in [7, 11) is 0. The fraction of sp³-hybridized carbons (Fsp3) is 0.750. The highest BCUT2D eigenvalue weighted by Gasteiger charge is 2.34. The zero-order valence-electron chi connectivity index (χ0n) is 23.2. The lowest BCUT2D eigenvalue weighted by molar-refractivity contribution is -0.144. The van der Waals surface area contributed by atoms with Crippen molar-refractivity contribution in [2.75, 3.05) is 13.1 Å². The molecule has 5 atom stereocenters. The number of nitrogens with zero attached hydrogens (tertiary/aromatic N) is 1. The van der Waals surface area contributed by atoms with E-state index in [-0.39, 0.29) is 37.3 Å². The lowest BCUT2D eigenvalue weighted by atomic mass is 9.97. The number of amides is 4. The van der Waals surface area contributed by atoms with E-state index in [1.165, 1.54) is 0 Å². The second kappa shape index (κ2) is 17.2. The number of hydrogen-bond donors (Lipinski definition) is 8. The van der Waals surface area contributed by atoms with E-state index in [1.54, 1.807) is 34.6 Å². The lowest BCUT2D eigenvalue weighted by Gasteiger charge is -2.29. The zero-order chi connectivity index (χ0) is 29.6. The van der Waals surface area contributed by atoms with E-state index in [0.717, 1.165) is 0 Å². The Morgan fingerprint density at radius 2 is 1.32 bits per heavy atom. The molecule has 0 aromatic carbocycles.